The highest BCUT2D eigenvalue weighted by Gasteiger charge is 2.46. The van der Waals surface area contributed by atoms with Crippen LogP contribution in [-0.2, 0) is 21.5 Å². The van der Waals surface area contributed by atoms with Crippen molar-refractivity contribution in [1.82, 2.24) is 9.88 Å². The third-order valence-electron chi connectivity index (χ3n) is 6.40. The summed E-state index contributed by atoms with van der Waals surface area (Å²) in [5.41, 5.74) is 3.95. The Hall–Kier alpha value is -3.93. The number of aliphatic hydroxyl groups excluding tert-OH is 1. The molecule has 6 heteroatoms. The molecule has 0 unspecified atom stereocenters. The number of carbonyl (C=O) groups excluding carboxylic acids is 2. The van der Waals surface area contributed by atoms with Crippen LogP contribution >= 0.6 is 0 Å². The van der Waals surface area contributed by atoms with Gasteiger partial charge in [-0.15, -0.1) is 0 Å². The van der Waals surface area contributed by atoms with Gasteiger partial charge in [0, 0.05) is 24.5 Å². The molecule has 0 radical (unpaired) electrons. The Balaban J connectivity index is 1.87. The SMILES string of the molecule is COc1ccc(/C(O)=C2\C(=O)C(=O)N(Cc3cccnc3)[C@@H]2c2ccc(C(C)(C)C)cc2)c(C)c1. The number of pyridine rings is 1. The summed E-state index contributed by atoms with van der Waals surface area (Å²) >= 11 is 0. The highest BCUT2D eigenvalue weighted by atomic mass is 16.5. The van der Waals surface area contributed by atoms with E-state index in [1.54, 1.807) is 43.8 Å². The number of rotatable bonds is 5. The largest absolute Gasteiger partial charge is 0.507 e. The van der Waals surface area contributed by atoms with E-state index in [-0.39, 0.29) is 23.3 Å². The molecule has 180 valence electrons. The van der Waals surface area contributed by atoms with Crippen LogP contribution in [0, 0.1) is 6.92 Å². The number of amides is 1. The Bertz CT molecular complexity index is 1290. The van der Waals surface area contributed by atoms with E-state index in [4.69, 9.17) is 4.74 Å². The Morgan fingerprint density at radius 2 is 1.80 bits per heavy atom. The number of benzene rings is 2. The molecule has 0 saturated carbocycles. The third-order valence-corrected chi connectivity index (χ3v) is 6.40. The zero-order chi connectivity index (χ0) is 25.3. The summed E-state index contributed by atoms with van der Waals surface area (Å²) in [6, 6.07) is 16.0. The van der Waals surface area contributed by atoms with Crippen molar-refractivity contribution in [1.29, 1.82) is 0 Å². The minimum absolute atomic E-state index is 0.0454. The Kier molecular flexibility index (Phi) is 6.48. The fourth-order valence-electron chi connectivity index (χ4n) is 4.42. The molecule has 3 aromatic rings. The van der Waals surface area contributed by atoms with Gasteiger partial charge in [0.25, 0.3) is 11.7 Å². The molecule has 0 spiro atoms. The average molecular weight is 471 g/mol. The second-order valence-corrected chi connectivity index (χ2v) is 9.84. The first-order valence-corrected chi connectivity index (χ1v) is 11.5. The van der Waals surface area contributed by atoms with Gasteiger partial charge < -0.3 is 14.7 Å². The van der Waals surface area contributed by atoms with Crippen LogP contribution in [0.2, 0.25) is 0 Å². The maximum Gasteiger partial charge on any atom is 0.295 e. The van der Waals surface area contributed by atoms with E-state index < -0.39 is 17.7 Å². The van der Waals surface area contributed by atoms with Gasteiger partial charge in [0.1, 0.15) is 11.5 Å². The van der Waals surface area contributed by atoms with Crippen LogP contribution in [0.3, 0.4) is 0 Å². The van der Waals surface area contributed by atoms with Crippen molar-refractivity contribution in [2.45, 2.75) is 45.7 Å². The predicted octanol–water partition coefficient (Wildman–Crippen LogP) is 5.32. The quantitative estimate of drug-likeness (QED) is 0.310. The summed E-state index contributed by atoms with van der Waals surface area (Å²) in [5, 5.41) is 11.4. The molecule has 1 amide bonds. The molecule has 2 heterocycles. The van der Waals surface area contributed by atoms with E-state index in [9.17, 15) is 14.7 Å². The summed E-state index contributed by atoms with van der Waals surface area (Å²) in [7, 11) is 1.57. The Morgan fingerprint density at radius 1 is 1.09 bits per heavy atom. The van der Waals surface area contributed by atoms with Gasteiger partial charge in [0.05, 0.1) is 18.7 Å². The number of carbonyl (C=O) groups is 2. The fourth-order valence-corrected chi connectivity index (χ4v) is 4.42. The second kappa shape index (κ2) is 9.37. The van der Waals surface area contributed by atoms with E-state index in [2.05, 4.69) is 25.8 Å². The van der Waals surface area contributed by atoms with Gasteiger partial charge in [-0.1, -0.05) is 51.1 Å². The molecule has 0 aliphatic carbocycles. The van der Waals surface area contributed by atoms with Crippen LogP contribution in [0.25, 0.3) is 5.76 Å². The number of methoxy groups -OCH3 is 1. The summed E-state index contributed by atoms with van der Waals surface area (Å²) in [5.74, 6) is -0.898. The average Bonchev–Trinajstić information content (AvgIpc) is 3.08. The van der Waals surface area contributed by atoms with Gasteiger partial charge >= 0.3 is 0 Å². The lowest BCUT2D eigenvalue weighted by atomic mass is 9.85. The molecule has 0 bridgehead atoms. The minimum atomic E-state index is -0.731. The van der Waals surface area contributed by atoms with Crippen LogP contribution < -0.4 is 4.74 Å². The molecule has 6 nitrogen and oxygen atoms in total. The maximum atomic E-state index is 13.3. The van der Waals surface area contributed by atoms with Crippen LogP contribution in [0.4, 0.5) is 0 Å². The summed E-state index contributed by atoms with van der Waals surface area (Å²) < 4.78 is 5.27. The Morgan fingerprint density at radius 3 is 2.37 bits per heavy atom. The number of hydrogen-bond donors (Lipinski definition) is 1. The van der Waals surface area contributed by atoms with Gasteiger partial charge in [0.2, 0.25) is 0 Å². The minimum Gasteiger partial charge on any atom is -0.507 e. The maximum absolute atomic E-state index is 13.3. The molecular formula is C29H30N2O4. The molecule has 1 atom stereocenters. The smallest absolute Gasteiger partial charge is 0.295 e. The molecular weight excluding hydrogens is 440 g/mol. The Labute approximate surface area is 205 Å². The number of ether oxygens (including phenoxy) is 1. The van der Waals surface area contributed by atoms with Crippen LogP contribution in [-0.4, -0.2) is 33.8 Å². The normalized spacial score (nSPS) is 17.6. The number of nitrogens with zero attached hydrogens (tertiary/aromatic N) is 2. The molecule has 35 heavy (non-hydrogen) atoms. The number of aliphatic hydroxyl groups is 1. The molecule has 1 aliphatic rings. The van der Waals surface area contributed by atoms with E-state index >= 15 is 0 Å². The number of aryl methyl sites for hydroxylation is 1. The summed E-state index contributed by atoms with van der Waals surface area (Å²) in [6.07, 6.45) is 3.33. The highest BCUT2D eigenvalue weighted by molar-refractivity contribution is 6.46. The van der Waals surface area contributed by atoms with Gasteiger partial charge in [-0.25, -0.2) is 0 Å². The van der Waals surface area contributed by atoms with Crippen LogP contribution in [0.15, 0.2) is 72.6 Å². The van der Waals surface area contributed by atoms with Crippen molar-refractivity contribution >= 4 is 17.4 Å². The summed E-state index contributed by atoms with van der Waals surface area (Å²) in [4.78, 5) is 32.2. The van der Waals surface area contributed by atoms with E-state index in [1.165, 1.54) is 4.90 Å². The first-order chi connectivity index (χ1) is 16.6. The number of ketones is 1. The van der Waals surface area contributed by atoms with Crippen molar-refractivity contribution < 1.29 is 19.4 Å². The van der Waals surface area contributed by atoms with Crippen molar-refractivity contribution in [3.05, 3.63) is 100 Å². The monoisotopic (exact) mass is 470 g/mol. The molecule has 2 aromatic carbocycles. The van der Waals surface area contributed by atoms with E-state index in [0.29, 0.717) is 11.3 Å². The first-order valence-electron chi connectivity index (χ1n) is 11.5. The topological polar surface area (TPSA) is 79.7 Å². The van der Waals surface area contributed by atoms with Crippen molar-refractivity contribution in [3.8, 4) is 5.75 Å². The van der Waals surface area contributed by atoms with Crippen LogP contribution in [0.5, 0.6) is 5.75 Å². The summed E-state index contributed by atoms with van der Waals surface area (Å²) in [6.45, 7) is 8.41. The molecule has 1 saturated heterocycles. The lowest BCUT2D eigenvalue weighted by Crippen LogP contribution is -2.29. The van der Waals surface area contributed by atoms with Crippen molar-refractivity contribution in [2.24, 2.45) is 0 Å². The van der Waals surface area contributed by atoms with Crippen molar-refractivity contribution in [2.75, 3.05) is 7.11 Å². The molecule has 4 rings (SSSR count). The standard InChI is InChI=1S/C29H30N2O4/c1-18-15-22(35-5)12-13-23(18)26(32)24-25(20-8-10-21(11-9-20)29(2,3)4)31(28(34)27(24)33)17-19-7-6-14-30-16-19/h6-16,25,32H,17H2,1-5H3/b26-24+/t25-/m1/s1. The molecule has 1 aromatic heterocycles. The van der Waals surface area contributed by atoms with E-state index in [0.717, 1.165) is 22.3 Å². The van der Waals surface area contributed by atoms with Crippen LogP contribution in [0.1, 0.15) is 54.6 Å². The van der Waals surface area contributed by atoms with Gasteiger partial charge in [0.15, 0.2) is 0 Å². The second-order valence-electron chi connectivity index (χ2n) is 9.84. The van der Waals surface area contributed by atoms with Gasteiger partial charge in [-0.2, -0.15) is 0 Å². The number of aromatic nitrogens is 1. The number of likely N-dealkylation sites (tertiary alicyclic amines) is 1. The number of hydrogen-bond acceptors (Lipinski definition) is 5. The lowest BCUT2D eigenvalue weighted by Gasteiger charge is -2.26. The molecule has 1 fully saturated rings. The van der Waals surface area contributed by atoms with Crippen molar-refractivity contribution in [3.63, 3.8) is 0 Å². The molecule has 1 aliphatic heterocycles. The third kappa shape index (κ3) is 4.69. The highest BCUT2D eigenvalue weighted by Crippen LogP contribution is 2.41. The van der Waals surface area contributed by atoms with Gasteiger partial charge in [-0.05, 0) is 58.9 Å². The zero-order valence-corrected chi connectivity index (χ0v) is 20.7. The zero-order valence-electron chi connectivity index (χ0n) is 20.7. The fraction of sp³-hybridized carbons (Fsp3) is 0.276. The predicted molar refractivity (Wildman–Crippen MR) is 135 cm³/mol. The first kappa shape index (κ1) is 24.2. The molecule has 1 N–H and O–H groups in total. The van der Waals surface area contributed by atoms with Gasteiger partial charge in [-0.3, -0.25) is 14.6 Å². The lowest BCUT2D eigenvalue weighted by molar-refractivity contribution is -0.140. The van der Waals surface area contributed by atoms with E-state index in [1.807, 2.05) is 37.3 Å². The number of Topliss-reactive ketones (excluding diaryl/α,β-unsaturated/α-hetero) is 1.